The number of para-hydroxylation sites is 2. The number of hydrogen-bond donors (Lipinski definition) is 0. The summed E-state index contributed by atoms with van der Waals surface area (Å²) in [6.07, 6.45) is 0. The Hall–Kier alpha value is -6.96. The molecule has 10 aromatic rings. The molecule has 10 aromatic carbocycles. The van der Waals surface area contributed by atoms with Gasteiger partial charge in [-0.1, -0.05) is 182 Å². The molecular weight excluding hydrogens is 639 g/mol. The summed E-state index contributed by atoms with van der Waals surface area (Å²) in [6.45, 7) is 0. The Morgan fingerprint density at radius 3 is 1.45 bits per heavy atom. The molecule has 0 aliphatic carbocycles. The van der Waals surface area contributed by atoms with E-state index in [-0.39, 0.29) is 0 Å². The van der Waals surface area contributed by atoms with Gasteiger partial charge in [0.25, 0.3) is 0 Å². The molecule has 1 heteroatoms. The lowest BCUT2D eigenvalue weighted by molar-refractivity contribution is 1.28. The van der Waals surface area contributed by atoms with Crippen LogP contribution in [-0.2, 0) is 0 Å². The van der Waals surface area contributed by atoms with Crippen LogP contribution in [0.25, 0.3) is 76.5 Å². The third-order valence-corrected chi connectivity index (χ3v) is 10.6. The van der Waals surface area contributed by atoms with Crippen LogP contribution in [0, 0.1) is 0 Å². The number of rotatable bonds is 6. The van der Waals surface area contributed by atoms with Gasteiger partial charge in [-0.05, 0) is 95.7 Å². The number of anilines is 3. The van der Waals surface area contributed by atoms with Gasteiger partial charge in [0.05, 0.1) is 11.4 Å². The maximum absolute atomic E-state index is 2.45. The van der Waals surface area contributed by atoms with Crippen LogP contribution in [0.15, 0.2) is 212 Å². The fraction of sp³-hybridized carbons (Fsp3) is 0. The monoisotopic (exact) mass is 673 g/mol. The first kappa shape index (κ1) is 30.8. The molecule has 10 rings (SSSR count). The molecule has 0 aliphatic rings. The highest BCUT2D eigenvalue weighted by atomic mass is 15.1. The van der Waals surface area contributed by atoms with Crippen LogP contribution in [0.5, 0.6) is 0 Å². The lowest BCUT2D eigenvalue weighted by Crippen LogP contribution is -2.12. The van der Waals surface area contributed by atoms with Crippen molar-refractivity contribution in [2.45, 2.75) is 0 Å². The van der Waals surface area contributed by atoms with E-state index >= 15 is 0 Å². The zero-order valence-corrected chi connectivity index (χ0v) is 29.2. The molecule has 0 spiro atoms. The number of nitrogens with zero attached hydrogens (tertiary/aromatic N) is 1. The zero-order valence-electron chi connectivity index (χ0n) is 29.2. The van der Waals surface area contributed by atoms with Crippen molar-refractivity contribution >= 4 is 60.2 Å². The van der Waals surface area contributed by atoms with Crippen molar-refractivity contribution in [3.63, 3.8) is 0 Å². The Morgan fingerprint density at radius 1 is 0.264 bits per heavy atom. The second-order valence-electron chi connectivity index (χ2n) is 13.7. The first-order chi connectivity index (χ1) is 26.3. The molecule has 0 atom stereocenters. The number of benzene rings is 10. The number of fused-ring (bicyclic) bond motifs is 7. The van der Waals surface area contributed by atoms with Crippen molar-refractivity contribution in [3.8, 4) is 33.4 Å². The molecule has 0 bridgehead atoms. The molecule has 0 aromatic heterocycles. The molecule has 53 heavy (non-hydrogen) atoms. The van der Waals surface area contributed by atoms with E-state index in [4.69, 9.17) is 0 Å². The Kier molecular flexibility index (Phi) is 7.55. The third kappa shape index (κ3) is 5.34. The average Bonchev–Trinajstić information content (AvgIpc) is 3.24. The normalized spacial score (nSPS) is 11.4. The molecular formula is C52H35N. The summed E-state index contributed by atoms with van der Waals surface area (Å²) in [5.41, 5.74) is 10.5. The highest BCUT2D eigenvalue weighted by Crippen LogP contribution is 2.48. The third-order valence-electron chi connectivity index (χ3n) is 10.6. The summed E-state index contributed by atoms with van der Waals surface area (Å²) >= 11 is 0. The van der Waals surface area contributed by atoms with Crippen LogP contribution in [0.1, 0.15) is 0 Å². The lowest BCUT2D eigenvalue weighted by atomic mass is 9.87. The molecule has 0 fully saturated rings. The number of hydrogen-bond acceptors (Lipinski definition) is 1. The van der Waals surface area contributed by atoms with Crippen molar-refractivity contribution in [3.05, 3.63) is 212 Å². The minimum Gasteiger partial charge on any atom is -0.309 e. The highest BCUT2D eigenvalue weighted by molar-refractivity contribution is 6.30. The summed E-state index contributed by atoms with van der Waals surface area (Å²) < 4.78 is 0. The van der Waals surface area contributed by atoms with Crippen LogP contribution in [-0.4, -0.2) is 0 Å². The quantitative estimate of drug-likeness (QED) is 0.159. The van der Waals surface area contributed by atoms with Gasteiger partial charge in [-0.15, -0.1) is 0 Å². The molecule has 0 radical (unpaired) electrons. The fourth-order valence-electron chi connectivity index (χ4n) is 8.18. The van der Waals surface area contributed by atoms with Gasteiger partial charge in [0.1, 0.15) is 0 Å². The van der Waals surface area contributed by atoms with E-state index in [1.807, 2.05) is 0 Å². The second kappa shape index (κ2) is 13.0. The van der Waals surface area contributed by atoms with Crippen molar-refractivity contribution in [1.29, 1.82) is 0 Å². The molecule has 0 unspecified atom stereocenters. The van der Waals surface area contributed by atoms with E-state index in [1.54, 1.807) is 0 Å². The lowest BCUT2D eigenvalue weighted by Gasteiger charge is -2.30. The Morgan fingerprint density at radius 2 is 0.755 bits per heavy atom. The summed E-state index contributed by atoms with van der Waals surface area (Å²) in [7, 11) is 0. The summed E-state index contributed by atoms with van der Waals surface area (Å²) in [4.78, 5) is 2.45. The van der Waals surface area contributed by atoms with Gasteiger partial charge in [-0.3, -0.25) is 0 Å². The summed E-state index contributed by atoms with van der Waals surface area (Å²) in [5.74, 6) is 0. The zero-order chi connectivity index (χ0) is 35.1. The van der Waals surface area contributed by atoms with Gasteiger partial charge in [0.15, 0.2) is 0 Å². The van der Waals surface area contributed by atoms with E-state index in [0.29, 0.717) is 0 Å². The fourth-order valence-corrected chi connectivity index (χ4v) is 8.18. The van der Waals surface area contributed by atoms with Crippen LogP contribution < -0.4 is 4.90 Å². The first-order valence-electron chi connectivity index (χ1n) is 18.3. The Bertz CT molecular complexity index is 2930. The van der Waals surface area contributed by atoms with Crippen molar-refractivity contribution in [1.82, 2.24) is 0 Å². The van der Waals surface area contributed by atoms with Crippen molar-refractivity contribution in [2.24, 2.45) is 0 Å². The van der Waals surface area contributed by atoms with E-state index in [2.05, 4.69) is 217 Å². The van der Waals surface area contributed by atoms with Crippen LogP contribution >= 0.6 is 0 Å². The van der Waals surface area contributed by atoms with Gasteiger partial charge in [0.2, 0.25) is 0 Å². The average molecular weight is 674 g/mol. The van der Waals surface area contributed by atoms with Gasteiger partial charge in [-0.25, -0.2) is 0 Å². The standard InChI is InChI=1S/C52H35N/c1-3-15-36(16-4-1)37-29-32-42(33-30-37)53(49-25-13-11-21-43(49)38-17-5-2-6-18-38)50-26-14-12-24-46(50)48-35-41-28-27-39-19-7-9-22-44(39)51(41)52-45-23-10-8-20-40(45)31-34-47(48)52/h1-35H. The van der Waals surface area contributed by atoms with Crippen LogP contribution in [0.2, 0.25) is 0 Å². The minimum atomic E-state index is 1.10. The largest absolute Gasteiger partial charge is 0.309 e. The van der Waals surface area contributed by atoms with E-state index in [9.17, 15) is 0 Å². The topological polar surface area (TPSA) is 3.24 Å². The molecule has 0 amide bonds. The van der Waals surface area contributed by atoms with E-state index in [0.717, 1.165) is 17.1 Å². The molecule has 0 aliphatic heterocycles. The molecule has 0 N–H and O–H groups in total. The minimum absolute atomic E-state index is 1.10. The smallest absolute Gasteiger partial charge is 0.0540 e. The summed E-state index contributed by atoms with van der Waals surface area (Å²) in [5, 5.41) is 10.1. The second-order valence-corrected chi connectivity index (χ2v) is 13.7. The van der Waals surface area contributed by atoms with Gasteiger partial charge < -0.3 is 4.90 Å². The summed E-state index contributed by atoms with van der Waals surface area (Å²) in [6, 6.07) is 77.2. The predicted molar refractivity (Wildman–Crippen MR) is 227 cm³/mol. The first-order valence-corrected chi connectivity index (χ1v) is 18.3. The molecule has 248 valence electrons. The Balaban J connectivity index is 1.27. The predicted octanol–water partition coefficient (Wildman–Crippen LogP) is 14.8. The van der Waals surface area contributed by atoms with Crippen LogP contribution in [0.4, 0.5) is 17.1 Å². The van der Waals surface area contributed by atoms with Crippen molar-refractivity contribution < 1.29 is 0 Å². The van der Waals surface area contributed by atoms with Crippen LogP contribution in [0.3, 0.4) is 0 Å². The molecule has 0 saturated carbocycles. The maximum Gasteiger partial charge on any atom is 0.0540 e. The van der Waals surface area contributed by atoms with Gasteiger partial charge in [0, 0.05) is 16.8 Å². The SMILES string of the molecule is c1ccc(-c2ccc(N(c3ccccc3-c3ccccc3)c3ccccc3-c3cc4ccc5ccccc5c4c4c3ccc3ccccc34)cc2)cc1. The maximum atomic E-state index is 2.45. The van der Waals surface area contributed by atoms with Gasteiger partial charge in [-0.2, -0.15) is 0 Å². The molecule has 1 nitrogen and oxygen atoms in total. The Labute approximate surface area is 309 Å². The molecule has 0 heterocycles. The highest BCUT2D eigenvalue weighted by Gasteiger charge is 2.22. The van der Waals surface area contributed by atoms with E-state index in [1.165, 1.54) is 76.5 Å². The molecule has 0 saturated heterocycles. The van der Waals surface area contributed by atoms with Crippen molar-refractivity contribution in [2.75, 3.05) is 4.90 Å². The van der Waals surface area contributed by atoms with E-state index < -0.39 is 0 Å². The van der Waals surface area contributed by atoms with Gasteiger partial charge >= 0.3 is 0 Å².